The molecule has 4 N–H and O–H groups in total. The lowest BCUT2D eigenvalue weighted by molar-refractivity contribution is 0.862. The Labute approximate surface area is 196 Å². The largest absolute Gasteiger partial charge is 0.396 e. The molecule has 9 heteroatoms. The van der Waals surface area contributed by atoms with Crippen LogP contribution in [-0.4, -0.2) is 14.5 Å². The van der Waals surface area contributed by atoms with Gasteiger partial charge >= 0.3 is 0 Å². The van der Waals surface area contributed by atoms with Gasteiger partial charge < -0.3 is 16.0 Å². The number of rotatable bonds is 5. The van der Waals surface area contributed by atoms with Crippen LogP contribution in [0.1, 0.15) is 17.0 Å². The summed E-state index contributed by atoms with van der Waals surface area (Å²) in [6, 6.07) is 17.9. The molecule has 0 aliphatic carbocycles. The van der Waals surface area contributed by atoms with E-state index in [4.69, 9.17) is 11.5 Å². The van der Waals surface area contributed by atoms with Crippen LogP contribution in [0.3, 0.4) is 0 Å². The molecular weight excluding hydrogens is 428 g/mol. The number of benzene rings is 1. The van der Waals surface area contributed by atoms with Crippen molar-refractivity contribution in [1.82, 2.24) is 14.5 Å². The first-order chi connectivity index (χ1) is 16.4. The molecule has 4 rings (SSSR count). The number of hydrogen-bond acceptors (Lipinski definition) is 8. The van der Waals surface area contributed by atoms with Gasteiger partial charge in [0.1, 0.15) is 6.54 Å². The molecule has 168 valence electrons. The van der Waals surface area contributed by atoms with Crippen LogP contribution in [-0.2, 0) is 13.6 Å². The monoisotopic (exact) mass is 450 g/mol. The Hall–Kier alpha value is -4.84. The van der Waals surface area contributed by atoms with E-state index in [1.54, 1.807) is 37.5 Å². The van der Waals surface area contributed by atoms with Crippen molar-refractivity contribution in [2.75, 3.05) is 11.5 Å². The molecule has 3 heterocycles. The van der Waals surface area contributed by atoms with Gasteiger partial charge in [-0.1, -0.05) is 18.2 Å². The van der Waals surface area contributed by atoms with E-state index in [1.165, 1.54) is 10.6 Å². The quantitative estimate of drug-likeness (QED) is 0.437. The molecule has 0 saturated heterocycles. The minimum absolute atomic E-state index is 0.101. The molecule has 0 radical (unpaired) electrons. The van der Waals surface area contributed by atoms with Crippen LogP contribution in [0.25, 0.3) is 22.4 Å². The van der Waals surface area contributed by atoms with Crippen molar-refractivity contribution >= 4 is 17.2 Å². The Kier molecular flexibility index (Phi) is 6.14. The van der Waals surface area contributed by atoms with Crippen molar-refractivity contribution in [2.45, 2.75) is 13.5 Å². The minimum atomic E-state index is -0.163. The summed E-state index contributed by atoms with van der Waals surface area (Å²) in [7, 11) is 1.65. The molecule has 9 nitrogen and oxygen atoms in total. The second kappa shape index (κ2) is 9.34. The lowest BCUT2D eigenvalue weighted by Gasteiger charge is -2.16. The van der Waals surface area contributed by atoms with Crippen LogP contribution in [0.2, 0.25) is 0 Å². The summed E-state index contributed by atoms with van der Waals surface area (Å²) in [5, 5.41) is 17.8. The Balaban J connectivity index is 1.87. The summed E-state index contributed by atoms with van der Waals surface area (Å²) >= 11 is 0. The van der Waals surface area contributed by atoms with Crippen LogP contribution >= 0.6 is 0 Å². The fraction of sp³-hybridized carbons (Fsp3) is 0.120. The fourth-order valence-corrected chi connectivity index (χ4v) is 3.56. The zero-order valence-electron chi connectivity index (χ0n) is 18.7. The number of hydrogen-bond donors (Lipinski definition) is 2. The van der Waals surface area contributed by atoms with E-state index >= 15 is 0 Å². The maximum absolute atomic E-state index is 12.0. The zero-order chi connectivity index (χ0) is 24.2. The molecular formula is C25H22N8O. The van der Waals surface area contributed by atoms with Crippen molar-refractivity contribution < 1.29 is 0 Å². The predicted octanol–water partition coefficient (Wildman–Crippen LogP) is 4.14. The summed E-state index contributed by atoms with van der Waals surface area (Å²) in [5.74, 6) is 0.101. The summed E-state index contributed by atoms with van der Waals surface area (Å²) in [5.41, 5.74) is 17.6. The number of nitrogen functional groups attached to an aromatic ring is 2. The van der Waals surface area contributed by atoms with Gasteiger partial charge in [-0.25, -0.2) is 4.98 Å². The number of aryl methyl sites for hydroxylation is 2. The average Bonchev–Trinajstić information content (AvgIpc) is 2.83. The van der Waals surface area contributed by atoms with Crippen LogP contribution in [0.15, 0.2) is 75.8 Å². The third kappa shape index (κ3) is 4.52. The van der Waals surface area contributed by atoms with Gasteiger partial charge in [-0.15, -0.1) is 5.11 Å². The van der Waals surface area contributed by atoms with Crippen LogP contribution in [0, 0.1) is 18.3 Å². The second-order valence-electron chi connectivity index (χ2n) is 7.71. The number of pyridine rings is 3. The molecule has 0 unspecified atom stereocenters. The summed E-state index contributed by atoms with van der Waals surface area (Å²) in [6.45, 7) is 2.15. The van der Waals surface area contributed by atoms with E-state index < -0.39 is 0 Å². The molecule has 0 spiro atoms. The molecule has 4 aromatic rings. The van der Waals surface area contributed by atoms with Crippen LogP contribution < -0.4 is 17.0 Å². The number of anilines is 2. The van der Waals surface area contributed by atoms with E-state index in [9.17, 15) is 10.1 Å². The molecule has 0 aliphatic rings. The van der Waals surface area contributed by atoms with Crippen LogP contribution in [0.4, 0.5) is 17.2 Å². The normalized spacial score (nSPS) is 11.0. The first-order valence-electron chi connectivity index (χ1n) is 10.4. The number of nitriles is 1. The number of azo groups is 1. The van der Waals surface area contributed by atoms with Crippen molar-refractivity contribution in [1.29, 1.82) is 5.26 Å². The van der Waals surface area contributed by atoms with E-state index in [-0.39, 0.29) is 29.3 Å². The van der Waals surface area contributed by atoms with Gasteiger partial charge in [-0.05, 0) is 37.3 Å². The van der Waals surface area contributed by atoms with Gasteiger partial charge in [0.05, 0.1) is 28.7 Å². The summed E-state index contributed by atoms with van der Waals surface area (Å²) < 4.78 is 1.45. The van der Waals surface area contributed by atoms with Gasteiger partial charge in [-0.3, -0.25) is 9.78 Å². The molecule has 0 fully saturated rings. The van der Waals surface area contributed by atoms with Crippen molar-refractivity contribution in [2.24, 2.45) is 17.3 Å². The van der Waals surface area contributed by atoms with Crippen molar-refractivity contribution in [3.8, 4) is 28.5 Å². The lowest BCUT2D eigenvalue weighted by Crippen LogP contribution is -2.14. The van der Waals surface area contributed by atoms with Gasteiger partial charge in [0.25, 0.3) is 0 Å². The van der Waals surface area contributed by atoms with Crippen molar-refractivity contribution in [3.63, 3.8) is 0 Å². The minimum Gasteiger partial charge on any atom is -0.396 e. The first kappa shape index (κ1) is 22.4. The highest BCUT2D eigenvalue weighted by atomic mass is 16.1. The smallest absolute Gasteiger partial charge is 0.250 e. The summed E-state index contributed by atoms with van der Waals surface area (Å²) in [6.07, 6.45) is 1.67. The molecule has 34 heavy (non-hydrogen) atoms. The van der Waals surface area contributed by atoms with Gasteiger partial charge in [0, 0.05) is 41.7 Å². The van der Waals surface area contributed by atoms with E-state index in [2.05, 4.69) is 26.3 Å². The third-order valence-electron chi connectivity index (χ3n) is 5.23. The Morgan fingerprint density at radius 3 is 2.59 bits per heavy atom. The SMILES string of the molecule is Cc1cccc(CN=Nc2c(N)nc(-c3cccc(C#N)c3)c(-c3ccc(=O)n(C)c3)c2N)n1. The Morgan fingerprint density at radius 1 is 1.06 bits per heavy atom. The highest BCUT2D eigenvalue weighted by Crippen LogP contribution is 2.43. The van der Waals surface area contributed by atoms with Gasteiger partial charge in [-0.2, -0.15) is 10.4 Å². The maximum Gasteiger partial charge on any atom is 0.250 e. The van der Waals surface area contributed by atoms with E-state index in [1.807, 2.05) is 31.2 Å². The molecule has 3 aromatic heterocycles. The van der Waals surface area contributed by atoms with E-state index in [0.29, 0.717) is 27.9 Å². The molecule has 0 saturated carbocycles. The highest BCUT2D eigenvalue weighted by molar-refractivity contribution is 5.96. The Morgan fingerprint density at radius 2 is 1.85 bits per heavy atom. The summed E-state index contributed by atoms with van der Waals surface area (Å²) in [4.78, 5) is 21.0. The highest BCUT2D eigenvalue weighted by Gasteiger charge is 2.20. The molecule has 0 bridgehead atoms. The molecule has 1 aromatic carbocycles. The van der Waals surface area contributed by atoms with Crippen LogP contribution in [0.5, 0.6) is 0 Å². The third-order valence-corrected chi connectivity index (χ3v) is 5.23. The molecule has 0 aliphatic heterocycles. The predicted molar refractivity (Wildman–Crippen MR) is 131 cm³/mol. The van der Waals surface area contributed by atoms with Gasteiger partial charge in [0.15, 0.2) is 11.5 Å². The zero-order valence-corrected chi connectivity index (χ0v) is 18.7. The first-order valence-corrected chi connectivity index (χ1v) is 10.4. The average molecular weight is 451 g/mol. The topological polar surface area (TPSA) is 148 Å². The van der Waals surface area contributed by atoms with E-state index in [0.717, 1.165) is 11.4 Å². The second-order valence-corrected chi connectivity index (χ2v) is 7.71. The van der Waals surface area contributed by atoms with Crippen molar-refractivity contribution in [3.05, 3.63) is 88.1 Å². The Bertz CT molecular complexity index is 1510. The number of aromatic nitrogens is 3. The van der Waals surface area contributed by atoms with Gasteiger partial charge in [0.2, 0.25) is 5.56 Å². The number of nitrogens with zero attached hydrogens (tertiary/aromatic N) is 6. The molecule has 0 atom stereocenters. The number of nitrogens with two attached hydrogens (primary N) is 2. The lowest BCUT2D eigenvalue weighted by atomic mass is 9.97. The maximum atomic E-state index is 12.0. The fourth-order valence-electron chi connectivity index (χ4n) is 3.56. The molecule has 0 amide bonds. The standard InChI is InChI=1S/C25H22N8O/c1-15-5-3-8-19(30-15)13-29-32-24-22(27)21(18-9-10-20(34)33(2)14-18)23(31-25(24)28)17-7-4-6-16(11-17)12-26/h3-11,14H,13H2,1-2H3,(H4,27,28,31).